The first kappa shape index (κ1) is 23.0. The number of hydrogen-bond acceptors (Lipinski definition) is 8. The van der Waals surface area contributed by atoms with Gasteiger partial charge >= 0.3 is 0 Å². The first-order valence-corrected chi connectivity index (χ1v) is 11.3. The molecule has 0 bridgehead atoms. The third-order valence-corrected chi connectivity index (χ3v) is 6.29. The smallest absolute Gasteiger partial charge is 0.252 e. The van der Waals surface area contributed by atoms with Gasteiger partial charge in [0.1, 0.15) is 18.0 Å². The molecule has 4 heterocycles. The summed E-state index contributed by atoms with van der Waals surface area (Å²) in [5.41, 5.74) is 8.90. The number of nitrogens with two attached hydrogens (primary N) is 1. The average Bonchev–Trinajstić information content (AvgIpc) is 3.35. The lowest BCUT2D eigenvalue weighted by molar-refractivity contribution is 0.100. The summed E-state index contributed by atoms with van der Waals surface area (Å²) in [4.78, 5) is 14.0. The molecule has 0 saturated carbocycles. The molecule has 36 heavy (non-hydrogen) atoms. The molecule has 11 heteroatoms. The fourth-order valence-corrected chi connectivity index (χ4v) is 4.35. The Kier molecular flexibility index (Phi) is 6.08. The van der Waals surface area contributed by atoms with E-state index in [-0.39, 0.29) is 17.8 Å². The Labute approximate surface area is 206 Å². The van der Waals surface area contributed by atoms with Gasteiger partial charge in [0, 0.05) is 18.3 Å². The maximum atomic E-state index is 15.3. The number of methoxy groups -OCH3 is 1. The molecule has 1 aliphatic rings. The number of piperidine rings is 1. The molecule has 0 spiro atoms. The number of alkyl halides is 1. The number of nitrogens with one attached hydrogen (secondary N) is 1. The lowest BCUT2D eigenvalue weighted by Crippen LogP contribution is -2.48. The molecule has 3 aromatic heterocycles. The molecule has 1 fully saturated rings. The molecule has 5 rings (SSSR count). The summed E-state index contributed by atoms with van der Waals surface area (Å²) in [7, 11) is 1.61. The Morgan fingerprint density at radius 2 is 2.03 bits per heavy atom. The highest BCUT2D eigenvalue weighted by Gasteiger charge is 2.31. The van der Waals surface area contributed by atoms with Crippen molar-refractivity contribution in [2.45, 2.75) is 18.6 Å². The number of carbonyl (C=O) groups is 1. The quantitative estimate of drug-likeness (QED) is 0.425. The highest BCUT2D eigenvalue weighted by Crippen LogP contribution is 2.31. The van der Waals surface area contributed by atoms with Crippen molar-refractivity contribution < 1.29 is 13.9 Å². The van der Waals surface area contributed by atoms with Gasteiger partial charge in [0.15, 0.2) is 11.5 Å². The highest BCUT2D eigenvalue weighted by molar-refractivity contribution is 6.02. The Hall–Kier alpha value is -4.72. The number of primary amides is 1. The third kappa shape index (κ3) is 4.36. The van der Waals surface area contributed by atoms with Gasteiger partial charge in [0.2, 0.25) is 0 Å². The number of nitriles is 1. The number of halogens is 1. The van der Waals surface area contributed by atoms with E-state index in [1.54, 1.807) is 28.7 Å². The second-order valence-corrected chi connectivity index (χ2v) is 8.47. The Balaban J connectivity index is 1.42. The maximum Gasteiger partial charge on any atom is 0.252 e. The predicted octanol–water partition coefficient (Wildman–Crippen LogP) is 2.80. The van der Waals surface area contributed by atoms with Crippen LogP contribution in [0.2, 0.25) is 0 Å². The number of aromatic nitrogens is 4. The van der Waals surface area contributed by atoms with Crippen LogP contribution in [0.4, 0.5) is 15.9 Å². The molecular formula is C25H23FN8O2. The molecule has 0 unspecified atom stereocenters. The second kappa shape index (κ2) is 9.50. The van der Waals surface area contributed by atoms with Gasteiger partial charge in [-0.05, 0) is 42.3 Å². The minimum Gasteiger partial charge on any atom is -0.497 e. The second-order valence-electron chi connectivity index (χ2n) is 8.47. The van der Waals surface area contributed by atoms with Gasteiger partial charge in [-0.2, -0.15) is 10.4 Å². The SMILES string of the molecule is COc1ccc(-c2cc3c(N[C@@H]4CCN(c5ccc(C#N)nn5)C[C@@H]4F)c(C(N)=O)cnn3c2)cc1. The number of anilines is 2. The van der Waals surface area contributed by atoms with Gasteiger partial charge in [0.25, 0.3) is 5.91 Å². The van der Waals surface area contributed by atoms with Crippen molar-refractivity contribution in [3.8, 4) is 22.9 Å². The van der Waals surface area contributed by atoms with Crippen LogP contribution in [0.5, 0.6) is 5.75 Å². The van der Waals surface area contributed by atoms with Gasteiger partial charge in [-0.1, -0.05) is 12.1 Å². The summed E-state index contributed by atoms with van der Waals surface area (Å²) in [5.74, 6) is 0.599. The molecule has 3 N–H and O–H groups in total. The zero-order valence-corrected chi connectivity index (χ0v) is 19.4. The van der Waals surface area contributed by atoms with Gasteiger partial charge in [-0.3, -0.25) is 4.79 Å². The number of fused-ring (bicyclic) bond motifs is 1. The van der Waals surface area contributed by atoms with E-state index in [4.69, 9.17) is 15.7 Å². The molecule has 1 aliphatic heterocycles. The number of hydrogen-bond donors (Lipinski definition) is 2. The monoisotopic (exact) mass is 486 g/mol. The number of nitrogens with zero attached hydrogens (tertiary/aromatic N) is 6. The van der Waals surface area contributed by atoms with Crippen LogP contribution in [0, 0.1) is 11.3 Å². The van der Waals surface area contributed by atoms with Gasteiger partial charge < -0.3 is 20.7 Å². The van der Waals surface area contributed by atoms with E-state index in [0.717, 1.165) is 16.9 Å². The van der Waals surface area contributed by atoms with Crippen molar-refractivity contribution in [1.29, 1.82) is 5.26 Å². The van der Waals surface area contributed by atoms with E-state index in [1.165, 1.54) is 6.20 Å². The van der Waals surface area contributed by atoms with Crippen LogP contribution in [0.15, 0.2) is 54.9 Å². The van der Waals surface area contributed by atoms with E-state index in [0.29, 0.717) is 30.0 Å². The van der Waals surface area contributed by atoms with Crippen LogP contribution in [-0.2, 0) is 0 Å². The molecule has 4 aromatic rings. The van der Waals surface area contributed by atoms with Gasteiger partial charge in [0.05, 0.1) is 42.7 Å². The van der Waals surface area contributed by atoms with Crippen molar-refractivity contribution in [2.75, 3.05) is 30.4 Å². The van der Waals surface area contributed by atoms with Crippen LogP contribution in [0.3, 0.4) is 0 Å². The fraction of sp³-hybridized carbons (Fsp3) is 0.240. The molecule has 0 aliphatic carbocycles. The highest BCUT2D eigenvalue weighted by atomic mass is 19.1. The first-order valence-electron chi connectivity index (χ1n) is 11.3. The molecule has 182 valence electrons. The zero-order valence-electron chi connectivity index (χ0n) is 19.4. The number of carbonyl (C=O) groups excluding carboxylic acids is 1. The van der Waals surface area contributed by atoms with Crippen molar-refractivity contribution in [2.24, 2.45) is 5.73 Å². The predicted molar refractivity (Wildman–Crippen MR) is 132 cm³/mol. The number of ether oxygens (including phenoxy) is 1. The van der Waals surface area contributed by atoms with E-state index in [2.05, 4.69) is 20.6 Å². The normalized spacial score (nSPS) is 17.5. The summed E-state index contributed by atoms with van der Waals surface area (Å²) in [6.07, 6.45) is 2.42. The Morgan fingerprint density at radius 1 is 1.22 bits per heavy atom. The minimum atomic E-state index is -1.26. The van der Waals surface area contributed by atoms with Crippen molar-refractivity contribution >= 4 is 22.9 Å². The average molecular weight is 487 g/mol. The minimum absolute atomic E-state index is 0.0869. The lowest BCUT2D eigenvalue weighted by Gasteiger charge is -2.36. The fourth-order valence-electron chi connectivity index (χ4n) is 4.35. The van der Waals surface area contributed by atoms with Crippen molar-refractivity contribution in [1.82, 2.24) is 19.8 Å². The first-order chi connectivity index (χ1) is 17.5. The number of benzene rings is 1. The maximum absolute atomic E-state index is 15.3. The lowest BCUT2D eigenvalue weighted by atomic mass is 10.0. The Morgan fingerprint density at radius 3 is 2.67 bits per heavy atom. The van der Waals surface area contributed by atoms with Crippen molar-refractivity contribution in [3.05, 3.63) is 66.1 Å². The van der Waals surface area contributed by atoms with Crippen LogP contribution in [-0.4, -0.2) is 58.1 Å². The molecular weight excluding hydrogens is 463 g/mol. The van der Waals surface area contributed by atoms with Crippen molar-refractivity contribution in [3.63, 3.8) is 0 Å². The molecule has 1 aromatic carbocycles. The van der Waals surface area contributed by atoms with E-state index >= 15 is 4.39 Å². The van der Waals surface area contributed by atoms with Crippen LogP contribution >= 0.6 is 0 Å². The topological polar surface area (TPSA) is 134 Å². The number of amides is 1. The van der Waals surface area contributed by atoms with Gasteiger partial charge in [-0.15, -0.1) is 10.2 Å². The van der Waals surface area contributed by atoms with E-state index < -0.39 is 18.1 Å². The van der Waals surface area contributed by atoms with Crippen LogP contribution in [0.1, 0.15) is 22.5 Å². The van der Waals surface area contributed by atoms with E-state index in [9.17, 15) is 4.79 Å². The summed E-state index contributed by atoms with van der Waals surface area (Å²) in [5, 5.41) is 24.3. The molecule has 0 radical (unpaired) electrons. The van der Waals surface area contributed by atoms with E-state index in [1.807, 2.05) is 42.6 Å². The molecule has 10 nitrogen and oxygen atoms in total. The summed E-state index contributed by atoms with van der Waals surface area (Å²) in [6, 6.07) is 14.0. The van der Waals surface area contributed by atoms with Crippen LogP contribution < -0.4 is 20.7 Å². The standard InChI is InChI=1S/C25H23FN8O2/c1-36-18-5-2-15(3-6-18)16-10-22-24(19(25(28)35)12-29-34(22)13-16)30-21-8-9-33(14-20(21)26)23-7-4-17(11-27)31-32-23/h2-7,10,12-13,20-21,30H,8-9,14H2,1H3,(H2,28,35)/t20-,21+/m0/s1. The number of rotatable bonds is 6. The summed E-state index contributed by atoms with van der Waals surface area (Å²) in [6.45, 7) is 0.605. The largest absolute Gasteiger partial charge is 0.497 e. The van der Waals surface area contributed by atoms with Gasteiger partial charge in [-0.25, -0.2) is 8.91 Å². The molecule has 1 amide bonds. The summed E-state index contributed by atoms with van der Waals surface area (Å²) < 4.78 is 22.2. The Bertz CT molecular complexity index is 1450. The third-order valence-electron chi connectivity index (χ3n) is 6.29. The van der Waals surface area contributed by atoms with Crippen LogP contribution in [0.25, 0.3) is 16.6 Å². The summed E-state index contributed by atoms with van der Waals surface area (Å²) >= 11 is 0. The molecule has 2 atom stereocenters. The molecule has 1 saturated heterocycles. The zero-order chi connectivity index (χ0) is 25.2.